The molecule has 9 heteroatoms. The van der Waals surface area contributed by atoms with Crippen molar-refractivity contribution in [1.82, 2.24) is 4.90 Å². The Labute approximate surface area is 177 Å². The van der Waals surface area contributed by atoms with Crippen molar-refractivity contribution >= 4 is 33.3 Å². The molecule has 0 saturated carbocycles. The van der Waals surface area contributed by atoms with Crippen LogP contribution in [0, 0.1) is 5.82 Å². The van der Waals surface area contributed by atoms with E-state index in [1.165, 1.54) is 24.3 Å². The molecule has 5 rings (SSSR count). The summed E-state index contributed by atoms with van der Waals surface area (Å²) in [7, 11) is -3.03. The van der Waals surface area contributed by atoms with Crippen molar-refractivity contribution in [3.05, 3.63) is 63.6 Å². The number of carbonyl (C=O) groups is 1. The Morgan fingerprint density at radius 2 is 2.07 bits per heavy atom. The van der Waals surface area contributed by atoms with Crippen molar-refractivity contribution in [2.45, 2.75) is 19.0 Å². The van der Waals surface area contributed by atoms with Crippen LogP contribution in [-0.2, 0) is 16.4 Å². The number of nitrogens with zero attached hydrogens (tertiary/aromatic N) is 1. The predicted molar refractivity (Wildman–Crippen MR) is 109 cm³/mol. The van der Waals surface area contributed by atoms with Gasteiger partial charge in [-0.05, 0) is 36.8 Å². The molecule has 3 aliphatic rings. The van der Waals surface area contributed by atoms with Gasteiger partial charge in [0.1, 0.15) is 24.0 Å². The van der Waals surface area contributed by atoms with E-state index in [1.54, 1.807) is 12.1 Å². The Balaban J connectivity index is 1.48. The van der Waals surface area contributed by atoms with E-state index in [1.807, 2.05) is 4.90 Å². The molecule has 0 unspecified atom stereocenters. The number of allylic oxidation sites excluding steroid dienone is 1. The van der Waals surface area contributed by atoms with E-state index in [0.717, 1.165) is 0 Å². The molecule has 3 heterocycles. The van der Waals surface area contributed by atoms with Crippen molar-refractivity contribution in [2.24, 2.45) is 0 Å². The smallest absolute Gasteiger partial charge is 0.231 e. The van der Waals surface area contributed by atoms with Gasteiger partial charge in [0.05, 0.1) is 27.7 Å². The number of ether oxygens (including phenoxy) is 2. The fraction of sp³-hybridized carbons (Fsp3) is 0.286. The highest BCUT2D eigenvalue weighted by atomic mass is 35.5. The molecule has 6 nitrogen and oxygen atoms in total. The van der Waals surface area contributed by atoms with Gasteiger partial charge in [0.25, 0.3) is 0 Å². The van der Waals surface area contributed by atoms with Gasteiger partial charge in [0, 0.05) is 18.2 Å². The molecule has 1 fully saturated rings. The first-order valence-corrected chi connectivity index (χ1v) is 11.6. The molecule has 1 saturated heterocycles. The molecule has 0 bridgehead atoms. The van der Waals surface area contributed by atoms with Crippen molar-refractivity contribution in [3.8, 4) is 11.5 Å². The summed E-state index contributed by atoms with van der Waals surface area (Å²) in [6.07, 6.45) is 1.85. The maximum atomic E-state index is 14.1. The van der Waals surface area contributed by atoms with Crippen LogP contribution in [-0.4, -0.2) is 43.4 Å². The zero-order valence-corrected chi connectivity index (χ0v) is 17.3. The summed E-state index contributed by atoms with van der Waals surface area (Å²) in [6.45, 7) is 0.674. The van der Waals surface area contributed by atoms with E-state index >= 15 is 0 Å². The molecule has 2 aromatic carbocycles. The van der Waals surface area contributed by atoms with E-state index < -0.39 is 15.7 Å². The zero-order chi connectivity index (χ0) is 21.0. The number of hydrogen-bond donors (Lipinski definition) is 0. The molecule has 156 valence electrons. The van der Waals surface area contributed by atoms with Gasteiger partial charge in [-0.2, -0.15) is 0 Å². The predicted octanol–water partition coefficient (Wildman–Crippen LogP) is 3.43. The van der Waals surface area contributed by atoms with Crippen LogP contribution in [0.3, 0.4) is 0 Å². The highest BCUT2D eigenvalue weighted by molar-refractivity contribution is 7.91. The summed E-state index contributed by atoms with van der Waals surface area (Å²) in [4.78, 5) is 14.8. The molecule has 1 atom stereocenters. The minimum Gasteiger partial charge on any atom is -0.478 e. The molecule has 0 aliphatic carbocycles. The number of carbonyl (C=O) groups excluding carboxylic acids is 1. The lowest BCUT2D eigenvalue weighted by Crippen LogP contribution is -2.41. The lowest BCUT2D eigenvalue weighted by atomic mass is 10.0. The monoisotopic (exact) mass is 449 g/mol. The number of sulfone groups is 1. The Kier molecular flexibility index (Phi) is 4.61. The fourth-order valence-electron chi connectivity index (χ4n) is 4.05. The zero-order valence-electron chi connectivity index (χ0n) is 15.7. The summed E-state index contributed by atoms with van der Waals surface area (Å²) < 4.78 is 49.5. The maximum Gasteiger partial charge on any atom is 0.231 e. The Hall–Kier alpha value is -2.42. The molecule has 2 aromatic rings. The minimum absolute atomic E-state index is 0.0223. The van der Waals surface area contributed by atoms with Gasteiger partial charge < -0.3 is 9.47 Å². The third-order valence-corrected chi connectivity index (χ3v) is 7.72. The molecule has 0 radical (unpaired) electrons. The van der Waals surface area contributed by atoms with E-state index in [-0.39, 0.29) is 46.4 Å². The van der Waals surface area contributed by atoms with Gasteiger partial charge in [0.2, 0.25) is 5.78 Å². The van der Waals surface area contributed by atoms with Crippen LogP contribution in [0.1, 0.15) is 27.9 Å². The standard InChI is InChI=1S/C21H17ClFNO5S/c22-16-2-1-3-17(23)14(16)8-19-20(25)13-4-5-18-15(21(13)29-19)9-24(11-28-18)12-6-7-30(26,27)10-12/h1-5,8,12H,6-7,9-11H2/b19-8-/t12-/m0/s1. The van der Waals surface area contributed by atoms with Crippen LogP contribution in [0.15, 0.2) is 36.1 Å². The molecular formula is C21H17ClFNO5S. The number of benzene rings is 2. The van der Waals surface area contributed by atoms with Gasteiger partial charge in [-0.1, -0.05) is 17.7 Å². The first-order valence-electron chi connectivity index (χ1n) is 9.44. The number of fused-ring (bicyclic) bond motifs is 3. The lowest BCUT2D eigenvalue weighted by Gasteiger charge is -2.33. The average Bonchev–Trinajstić information content (AvgIpc) is 3.24. The normalized spacial score (nSPS) is 23.7. The molecule has 0 spiro atoms. The molecule has 0 aromatic heterocycles. The average molecular weight is 450 g/mol. The van der Waals surface area contributed by atoms with E-state index in [2.05, 4.69) is 0 Å². The first-order chi connectivity index (χ1) is 14.3. The topological polar surface area (TPSA) is 72.9 Å². The Bertz CT molecular complexity index is 1190. The maximum absolute atomic E-state index is 14.1. The SMILES string of the molecule is O=C1/C(=C/c2c(F)cccc2Cl)Oc2c1ccc1c2CN([C@H]2CCS(=O)(=O)C2)CO1. The van der Waals surface area contributed by atoms with Gasteiger partial charge in [-0.15, -0.1) is 0 Å². The molecule has 0 amide bonds. The van der Waals surface area contributed by atoms with Crippen molar-refractivity contribution in [2.75, 3.05) is 18.2 Å². The van der Waals surface area contributed by atoms with Crippen LogP contribution in [0.25, 0.3) is 6.08 Å². The molecular weight excluding hydrogens is 433 g/mol. The van der Waals surface area contributed by atoms with E-state index in [0.29, 0.717) is 35.6 Å². The quantitative estimate of drug-likeness (QED) is 0.654. The summed E-state index contributed by atoms with van der Waals surface area (Å²) in [5.41, 5.74) is 1.12. The second-order valence-corrected chi connectivity index (χ2v) is 10.2. The molecule has 30 heavy (non-hydrogen) atoms. The van der Waals surface area contributed by atoms with Gasteiger partial charge in [0.15, 0.2) is 15.6 Å². The summed E-state index contributed by atoms with van der Waals surface area (Å²) in [6, 6.07) is 7.47. The number of hydrogen-bond acceptors (Lipinski definition) is 6. The van der Waals surface area contributed by atoms with Gasteiger partial charge >= 0.3 is 0 Å². The summed E-state index contributed by atoms with van der Waals surface area (Å²) in [5, 5.41) is 0.175. The van der Waals surface area contributed by atoms with Crippen LogP contribution >= 0.6 is 11.6 Å². The van der Waals surface area contributed by atoms with Gasteiger partial charge in [-0.3, -0.25) is 9.69 Å². The van der Waals surface area contributed by atoms with E-state index in [4.69, 9.17) is 21.1 Å². The number of ketones is 1. The molecule has 0 N–H and O–H groups in total. The van der Waals surface area contributed by atoms with Gasteiger partial charge in [-0.25, -0.2) is 12.8 Å². The number of halogens is 2. The Morgan fingerprint density at radius 1 is 1.23 bits per heavy atom. The fourth-order valence-corrected chi connectivity index (χ4v) is 6.03. The third kappa shape index (κ3) is 3.29. The van der Waals surface area contributed by atoms with Crippen molar-refractivity contribution in [1.29, 1.82) is 0 Å². The van der Waals surface area contributed by atoms with E-state index in [9.17, 15) is 17.6 Å². The molecule has 3 aliphatic heterocycles. The number of rotatable bonds is 2. The highest BCUT2D eigenvalue weighted by Crippen LogP contribution is 2.43. The summed E-state index contributed by atoms with van der Waals surface area (Å²) in [5.74, 6) is 0.266. The highest BCUT2D eigenvalue weighted by Gasteiger charge is 2.38. The van der Waals surface area contributed by atoms with Crippen LogP contribution in [0.5, 0.6) is 11.5 Å². The lowest BCUT2D eigenvalue weighted by molar-refractivity contribution is 0.0634. The minimum atomic E-state index is -3.03. The largest absolute Gasteiger partial charge is 0.478 e. The van der Waals surface area contributed by atoms with Crippen molar-refractivity contribution in [3.63, 3.8) is 0 Å². The second kappa shape index (κ2) is 7.08. The Morgan fingerprint density at radius 3 is 2.80 bits per heavy atom. The second-order valence-electron chi connectivity index (χ2n) is 7.57. The third-order valence-electron chi connectivity index (χ3n) is 5.64. The van der Waals surface area contributed by atoms with Crippen LogP contribution < -0.4 is 9.47 Å². The van der Waals surface area contributed by atoms with Crippen LogP contribution in [0.2, 0.25) is 5.02 Å². The number of Topliss-reactive ketones (excluding diaryl/α,β-unsaturated/α-hetero) is 1. The summed E-state index contributed by atoms with van der Waals surface area (Å²) >= 11 is 6.07. The van der Waals surface area contributed by atoms with Crippen molar-refractivity contribution < 1.29 is 27.1 Å². The first kappa shape index (κ1) is 19.5. The van der Waals surface area contributed by atoms with Crippen LogP contribution in [0.4, 0.5) is 4.39 Å².